The second-order valence-corrected chi connectivity index (χ2v) is 7.31. The van der Waals surface area contributed by atoms with Gasteiger partial charge in [0, 0.05) is 36.3 Å². The lowest BCUT2D eigenvalue weighted by molar-refractivity contribution is 0.265. The summed E-state index contributed by atoms with van der Waals surface area (Å²) in [5.74, 6) is 1.79. The number of rotatable bonds is 5. The number of likely N-dealkylation sites (tertiary alicyclic amines) is 1. The summed E-state index contributed by atoms with van der Waals surface area (Å²) in [5, 5.41) is 4.12. The van der Waals surface area contributed by atoms with Crippen LogP contribution in [0.25, 0.3) is 22.6 Å². The van der Waals surface area contributed by atoms with Gasteiger partial charge in [-0.15, -0.1) is 0 Å². The Morgan fingerprint density at radius 3 is 2.69 bits per heavy atom. The molecule has 0 aliphatic carbocycles. The Balaban J connectivity index is 1.26. The van der Waals surface area contributed by atoms with Gasteiger partial charge in [0.1, 0.15) is 0 Å². The van der Waals surface area contributed by atoms with Gasteiger partial charge < -0.3 is 4.52 Å². The van der Waals surface area contributed by atoms with Crippen LogP contribution >= 0.6 is 0 Å². The Kier molecular flexibility index (Phi) is 4.84. The number of hydrogen-bond acceptors (Lipinski definition) is 6. The maximum Gasteiger partial charge on any atom is 0.241 e. The van der Waals surface area contributed by atoms with E-state index in [9.17, 15) is 0 Å². The molecule has 4 aromatic rings. The number of nitrogens with zero attached hydrogens (tertiary/aromatic N) is 5. The molecule has 0 N–H and O–H groups in total. The molecule has 4 heterocycles. The first-order chi connectivity index (χ1) is 14.3. The molecule has 3 aromatic heterocycles. The third-order valence-corrected chi connectivity index (χ3v) is 5.36. The predicted octanol–water partition coefficient (Wildman–Crippen LogP) is 4.18. The van der Waals surface area contributed by atoms with E-state index >= 15 is 0 Å². The molecule has 1 aliphatic rings. The average molecular weight is 383 g/mol. The first kappa shape index (κ1) is 17.7. The fraction of sp³-hybridized carbons (Fsp3) is 0.217. The third-order valence-electron chi connectivity index (χ3n) is 5.36. The third kappa shape index (κ3) is 3.93. The van der Waals surface area contributed by atoms with Gasteiger partial charge in [0.15, 0.2) is 0 Å². The van der Waals surface area contributed by atoms with Gasteiger partial charge in [0.2, 0.25) is 11.7 Å². The second-order valence-electron chi connectivity index (χ2n) is 7.31. The van der Waals surface area contributed by atoms with E-state index < -0.39 is 0 Å². The van der Waals surface area contributed by atoms with Crippen LogP contribution in [0.2, 0.25) is 0 Å². The number of benzene rings is 1. The van der Waals surface area contributed by atoms with Crippen LogP contribution in [0.5, 0.6) is 0 Å². The molecule has 1 fully saturated rings. The van der Waals surface area contributed by atoms with Crippen LogP contribution in [0.3, 0.4) is 0 Å². The average Bonchev–Trinajstić information content (AvgIpc) is 3.45. The maximum atomic E-state index is 5.48. The summed E-state index contributed by atoms with van der Waals surface area (Å²) in [6, 6.07) is 18.2. The lowest BCUT2D eigenvalue weighted by Crippen LogP contribution is -2.20. The van der Waals surface area contributed by atoms with Gasteiger partial charge in [-0.1, -0.05) is 35.5 Å². The SMILES string of the molecule is c1ccc(-c2noc(CN3CC[C@H](c4ccnc(-c5ccncc5)c4)C3)n2)cc1. The van der Waals surface area contributed by atoms with E-state index in [0.717, 1.165) is 36.3 Å². The summed E-state index contributed by atoms with van der Waals surface area (Å²) in [4.78, 5) is 15.5. The predicted molar refractivity (Wildman–Crippen MR) is 110 cm³/mol. The highest BCUT2D eigenvalue weighted by Gasteiger charge is 2.25. The van der Waals surface area contributed by atoms with Crippen molar-refractivity contribution in [2.45, 2.75) is 18.9 Å². The van der Waals surface area contributed by atoms with E-state index in [0.29, 0.717) is 24.2 Å². The van der Waals surface area contributed by atoms with Gasteiger partial charge in [-0.3, -0.25) is 14.9 Å². The molecule has 5 rings (SSSR count). The molecular weight excluding hydrogens is 362 g/mol. The first-order valence-electron chi connectivity index (χ1n) is 9.82. The first-order valence-corrected chi connectivity index (χ1v) is 9.82. The molecule has 0 spiro atoms. The van der Waals surface area contributed by atoms with Crippen molar-refractivity contribution in [2.24, 2.45) is 0 Å². The van der Waals surface area contributed by atoms with Crippen LogP contribution in [-0.4, -0.2) is 38.1 Å². The van der Waals surface area contributed by atoms with Crippen molar-refractivity contribution in [3.8, 4) is 22.6 Å². The number of hydrogen-bond donors (Lipinski definition) is 0. The zero-order valence-electron chi connectivity index (χ0n) is 16.0. The van der Waals surface area contributed by atoms with E-state index in [2.05, 4.69) is 37.1 Å². The molecule has 1 atom stereocenters. The molecule has 0 amide bonds. The van der Waals surface area contributed by atoms with Gasteiger partial charge in [0.25, 0.3) is 0 Å². The Hall–Kier alpha value is -3.38. The minimum atomic E-state index is 0.482. The molecule has 1 aromatic carbocycles. The zero-order valence-corrected chi connectivity index (χ0v) is 16.0. The summed E-state index contributed by atoms with van der Waals surface area (Å²) in [6.07, 6.45) is 6.61. The van der Waals surface area contributed by atoms with Crippen LogP contribution in [0, 0.1) is 0 Å². The number of aromatic nitrogens is 4. The summed E-state index contributed by atoms with van der Waals surface area (Å²) in [5.41, 5.74) is 4.38. The maximum absolute atomic E-state index is 5.48. The molecular formula is C23H21N5O. The quantitative estimate of drug-likeness (QED) is 0.515. The van der Waals surface area contributed by atoms with Crippen molar-refractivity contribution < 1.29 is 4.52 Å². The normalized spacial score (nSPS) is 16.9. The van der Waals surface area contributed by atoms with Gasteiger partial charge in [-0.05, 0) is 48.7 Å². The van der Waals surface area contributed by atoms with Gasteiger partial charge >= 0.3 is 0 Å². The highest BCUT2D eigenvalue weighted by Crippen LogP contribution is 2.30. The Morgan fingerprint density at radius 2 is 1.83 bits per heavy atom. The summed E-state index contributed by atoms with van der Waals surface area (Å²) in [7, 11) is 0. The lowest BCUT2D eigenvalue weighted by Gasteiger charge is -2.14. The molecule has 0 unspecified atom stereocenters. The van der Waals surface area contributed by atoms with Gasteiger partial charge in [0.05, 0.1) is 12.2 Å². The number of pyridine rings is 2. The van der Waals surface area contributed by atoms with Crippen LogP contribution in [0.1, 0.15) is 23.8 Å². The highest BCUT2D eigenvalue weighted by atomic mass is 16.5. The largest absolute Gasteiger partial charge is 0.338 e. The van der Waals surface area contributed by atoms with E-state index in [1.54, 1.807) is 12.4 Å². The van der Waals surface area contributed by atoms with E-state index in [1.807, 2.05) is 48.7 Å². The molecule has 1 aliphatic heterocycles. The van der Waals surface area contributed by atoms with Crippen LogP contribution in [0.4, 0.5) is 0 Å². The molecule has 0 saturated carbocycles. The topological polar surface area (TPSA) is 67.9 Å². The van der Waals surface area contributed by atoms with Crippen molar-refractivity contribution in [1.29, 1.82) is 0 Å². The van der Waals surface area contributed by atoms with E-state index in [-0.39, 0.29) is 0 Å². The molecule has 0 bridgehead atoms. The summed E-state index contributed by atoms with van der Waals surface area (Å²) < 4.78 is 5.48. The van der Waals surface area contributed by atoms with E-state index in [1.165, 1.54) is 5.56 Å². The highest BCUT2D eigenvalue weighted by molar-refractivity contribution is 5.59. The molecule has 1 saturated heterocycles. The molecule has 0 radical (unpaired) electrons. The van der Waals surface area contributed by atoms with Crippen molar-refractivity contribution in [1.82, 2.24) is 25.0 Å². The monoisotopic (exact) mass is 383 g/mol. The second kappa shape index (κ2) is 7.93. The minimum absolute atomic E-state index is 0.482. The van der Waals surface area contributed by atoms with Crippen molar-refractivity contribution in [3.05, 3.63) is 84.6 Å². The smallest absolute Gasteiger partial charge is 0.241 e. The standard InChI is InChI=1S/C23H21N5O/c1-2-4-18(5-3-1)23-26-22(29-27-23)16-28-13-9-20(15-28)19-8-12-25-21(14-19)17-6-10-24-11-7-17/h1-8,10-12,14,20H,9,13,15-16H2/t20-/m0/s1. The Morgan fingerprint density at radius 1 is 0.966 bits per heavy atom. The Labute approximate surface area is 169 Å². The van der Waals surface area contributed by atoms with E-state index in [4.69, 9.17) is 4.52 Å². The zero-order chi connectivity index (χ0) is 19.5. The van der Waals surface area contributed by atoms with Crippen molar-refractivity contribution in [3.63, 3.8) is 0 Å². The molecule has 29 heavy (non-hydrogen) atoms. The Bertz CT molecular complexity index is 1080. The van der Waals surface area contributed by atoms with Crippen molar-refractivity contribution in [2.75, 3.05) is 13.1 Å². The summed E-state index contributed by atoms with van der Waals surface area (Å²) >= 11 is 0. The van der Waals surface area contributed by atoms with Crippen LogP contribution in [0.15, 0.2) is 77.7 Å². The molecule has 144 valence electrons. The van der Waals surface area contributed by atoms with Gasteiger partial charge in [-0.2, -0.15) is 4.98 Å². The van der Waals surface area contributed by atoms with Crippen LogP contribution in [-0.2, 0) is 6.54 Å². The molecule has 6 nitrogen and oxygen atoms in total. The fourth-order valence-electron chi connectivity index (χ4n) is 3.84. The molecule has 6 heteroatoms. The van der Waals surface area contributed by atoms with Crippen LogP contribution < -0.4 is 0 Å². The van der Waals surface area contributed by atoms with Gasteiger partial charge in [-0.25, -0.2) is 0 Å². The fourth-order valence-corrected chi connectivity index (χ4v) is 3.84. The minimum Gasteiger partial charge on any atom is -0.338 e. The summed E-state index contributed by atoms with van der Waals surface area (Å²) in [6.45, 7) is 2.67. The lowest BCUT2D eigenvalue weighted by atomic mass is 9.98. The van der Waals surface area contributed by atoms with Crippen molar-refractivity contribution >= 4 is 0 Å².